The van der Waals surface area contributed by atoms with Gasteiger partial charge in [-0.15, -0.1) is 0 Å². The Labute approximate surface area is 165 Å². The molecule has 6 heteroatoms. The number of nitrogens with two attached hydrogens (primary N) is 1. The summed E-state index contributed by atoms with van der Waals surface area (Å²) in [5.74, 6) is 1.31. The van der Waals surface area contributed by atoms with Crippen LogP contribution in [0.3, 0.4) is 0 Å². The molecule has 0 spiro atoms. The number of carbonyl (C=O) groups excluding carboxylic acids is 1. The van der Waals surface area contributed by atoms with Gasteiger partial charge in [-0.1, -0.05) is 30.3 Å². The van der Waals surface area contributed by atoms with E-state index in [2.05, 4.69) is 9.88 Å². The fourth-order valence-corrected chi connectivity index (χ4v) is 4.64. The molecule has 0 bridgehead atoms. The van der Waals surface area contributed by atoms with Crippen LogP contribution in [0.5, 0.6) is 0 Å². The zero-order valence-corrected chi connectivity index (χ0v) is 16.0. The third-order valence-corrected chi connectivity index (χ3v) is 6.40. The fraction of sp³-hybridized carbons (Fsp3) is 0.455. The predicted octanol–water partition coefficient (Wildman–Crippen LogP) is 1.66. The first-order valence-corrected chi connectivity index (χ1v) is 10.1. The number of pyridine rings is 1. The van der Waals surface area contributed by atoms with Crippen molar-refractivity contribution < 1.29 is 9.53 Å². The minimum atomic E-state index is 0.136. The van der Waals surface area contributed by atoms with Crippen molar-refractivity contribution in [2.45, 2.75) is 12.5 Å². The smallest absolute Gasteiger partial charge is 0.228 e. The van der Waals surface area contributed by atoms with E-state index in [1.54, 1.807) is 0 Å². The zero-order chi connectivity index (χ0) is 19.1. The lowest BCUT2D eigenvalue weighted by atomic mass is 10.0. The highest BCUT2D eigenvalue weighted by Gasteiger charge is 2.44. The van der Waals surface area contributed by atoms with Crippen LogP contribution in [0, 0.1) is 11.8 Å². The van der Waals surface area contributed by atoms with E-state index in [0.717, 1.165) is 50.7 Å². The Kier molecular flexibility index (Phi) is 4.53. The Morgan fingerprint density at radius 1 is 1.04 bits per heavy atom. The molecule has 28 heavy (non-hydrogen) atoms. The summed E-state index contributed by atoms with van der Waals surface area (Å²) in [5, 5.41) is 0. The number of hydrogen-bond acceptors (Lipinski definition) is 5. The number of likely N-dealkylation sites (tertiary alicyclic amines) is 2. The van der Waals surface area contributed by atoms with E-state index in [1.165, 1.54) is 0 Å². The summed E-state index contributed by atoms with van der Waals surface area (Å²) < 4.78 is 5.32. The lowest BCUT2D eigenvalue weighted by molar-refractivity contribution is -0.130. The molecule has 1 amide bonds. The van der Waals surface area contributed by atoms with Gasteiger partial charge in [0.05, 0.1) is 42.8 Å². The van der Waals surface area contributed by atoms with Crippen LogP contribution in [0.1, 0.15) is 5.69 Å². The van der Waals surface area contributed by atoms with Crippen LogP contribution in [0.4, 0.5) is 5.69 Å². The molecular formula is C22H26N4O2. The monoisotopic (exact) mass is 378 g/mol. The maximum Gasteiger partial charge on any atom is 0.228 e. The summed E-state index contributed by atoms with van der Waals surface area (Å²) in [6.45, 7) is 5.62. The quantitative estimate of drug-likeness (QED) is 0.876. The second kappa shape index (κ2) is 7.18. The molecular weight excluding hydrogens is 352 g/mol. The predicted molar refractivity (Wildman–Crippen MR) is 108 cm³/mol. The lowest BCUT2D eigenvalue weighted by Crippen LogP contribution is -2.49. The van der Waals surface area contributed by atoms with Gasteiger partial charge >= 0.3 is 0 Å². The number of rotatable bonds is 4. The Bertz CT molecular complexity index is 854. The molecule has 146 valence electrons. The number of nitrogens with zero attached hydrogens (tertiary/aromatic N) is 3. The van der Waals surface area contributed by atoms with Crippen LogP contribution in [0.15, 0.2) is 42.5 Å². The van der Waals surface area contributed by atoms with E-state index in [0.29, 0.717) is 29.3 Å². The van der Waals surface area contributed by atoms with Gasteiger partial charge in [0, 0.05) is 31.7 Å². The molecule has 2 unspecified atom stereocenters. The third-order valence-electron chi connectivity index (χ3n) is 6.40. The Morgan fingerprint density at radius 3 is 2.39 bits per heavy atom. The van der Waals surface area contributed by atoms with Gasteiger partial charge in [-0.3, -0.25) is 14.7 Å². The normalized spacial score (nSPS) is 24.9. The average molecular weight is 378 g/mol. The maximum absolute atomic E-state index is 12.9. The number of ether oxygens (including phenoxy) is 1. The average Bonchev–Trinajstić information content (AvgIpc) is 3.22. The van der Waals surface area contributed by atoms with Crippen molar-refractivity contribution in [2.75, 3.05) is 45.1 Å². The standard InChI is InChI=1S/C22H26N4O2/c23-19-6-7-20(15-4-2-1-3-5-15)24-21(19)8-22(27)26-11-16-9-25(10-17(16)12-26)18-13-28-14-18/h1-7,16-18H,8-14,23H2. The number of amides is 1. The van der Waals surface area contributed by atoms with Gasteiger partial charge in [-0.25, -0.2) is 0 Å². The minimum Gasteiger partial charge on any atom is -0.397 e. The van der Waals surface area contributed by atoms with Crippen molar-refractivity contribution in [2.24, 2.45) is 11.8 Å². The number of nitrogen functional groups attached to an aromatic ring is 1. The van der Waals surface area contributed by atoms with Gasteiger partial charge < -0.3 is 15.4 Å². The molecule has 0 saturated carbocycles. The summed E-state index contributed by atoms with van der Waals surface area (Å²) in [7, 11) is 0. The molecule has 3 aliphatic rings. The van der Waals surface area contributed by atoms with Gasteiger partial charge in [-0.05, 0) is 24.0 Å². The van der Waals surface area contributed by atoms with E-state index in [-0.39, 0.29) is 12.3 Å². The summed E-state index contributed by atoms with van der Waals surface area (Å²) in [5.41, 5.74) is 9.28. The van der Waals surface area contributed by atoms with E-state index < -0.39 is 0 Å². The van der Waals surface area contributed by atoms with Crippen molar-refractivity contribution in [3.05, 3.63) is 48.2 Å². The van der Waals surface area contributed by atoms with Gasteiger partial charge in [-0.2, -0.15) is 0 Å². The van der Waals surface area contributed by atoms with E-state index in [4.69, 9.17) is 10.5 Å². The second-order valence-corrected chi connectivity index (χ2v) is 8.24. The molecule has 1 aromatic heterocycles. The van der Waals surface area contributed by atoms with Gasteiger partial charge in [0.15, 0.2) is 0 Å². The Balaban J connectivity index is 1.24. The largest absolute Gasteiger partial charge is 0.397 e. The van der Waals surface area contributed by atoms with Crippen molar-refractivity contribution >= 4 is 11.6 Å². The first kappa shape index (κ1) is 17.6. The first-order chi connectivity index (χ1) is 13.7. The number of anilines is 1. The lowest BCUT2D eigenvalue weighted by Gasteiger charge is -2.35. The Morgan fingerprint density at radius 2 is 1.75 bits per heavy atom. The first-order valence-electron chi connectivity index (χ1n) is 10.1. The second-order valence-electron chi connectivity index (χ2n) is 8.24. The summed E-state index contributed by atoms with van der Waals surface area (Å²) in [6, 6.07) is 14.4. The third kappa shape index (κ3) is 3.27. The molecule has 6 nitrogen and oxygen atoms in total. The molecule has 2 aromatic rings. The highest BCUT2D eigenvalue weighted by molar-refractivity contribution is 5.80. The van der Waals surface area contributed by atoms with Gasteiger partial charge in [0.25, 0.3) is 0 Å². The number of carbonyl (C=O) groups is 1. The molecule has 4 heterocycles. The van der Waals surface area contributed by atoms with Crippen LogP contribution in [-0.2, 0) is 16.0 Å². The van der Waals surface area contributed by atoms with E-state index in [9.17, 15) is 4.79 Å². The number of aromatic nitrogens is 1. The Hall–Kier alpha value is -2.44. The van der Waals surface area contributed by atoms with E-state index >= 15 is 0 Å². The minimum absolute atomic E-state index is 0.136. The SMILES string of the molecule is Nc1ccc(-c2ccccc2)nc1CC(=O)N1CC2CN(C3COC3)CC2C1. The van der Waals surface area contributed by atoms with Crippen LogP contribution in [-0.4, -0.2) is 66.1 Å². The van der Waals surface area contributed by atoms with Crippen LogP contribution < -0.4 is 5.73 Å². The van der Waals surface area contributed by atoms with Crippen molar-refractivity contribution in [3.8, 4) is 11.3 Å². The van der Waals surface area contributed by atoms with Crippen LogP contribution >= 0.6 is 0 Å². The molecule has 3 aliphatic heterocycles. The molecule has 3 fully saturated rings. The van der Waals surface area contributed by atoms with Crippen molar-refractivity contribution in [1.29, 1.82) is 0 Å². The van der Waals surface area contributed by atoms with E-state index in [1.807, 2.05) is 47.4 Å². The molecule has 3 saturated heterocycles. The molecule has 2 N–H and O–H groups in total. The van der Waals surface area contributed by atoms with Crippen molar-refractivity contribution in [3.63, 3.8) is 0 Å². The van der Waals surface area contributed by atoms with Gasteiger partial charge in [0.2, 0.25) is 5.91 Å². The molecule has 1 aromatic carbocycles. The number of hydrogen-bond donors (Lipinski definition) is 1. The van der Waals surface area contributed by atoms with Crippen molar-refractivity contribution in [1.82, 2.24) is 14.8 Å². The molecule has 0 aliphatic carbocycles. The molecule has 5 rings (SSSR count). The van der Waals surface area contributed by atoms with Gasteiger partial charge in [0.1, 0.15) is 0 Å². The summed E-state index contributed by atoms with van der Waals surface area (Å²) >= 11 is 0. The summed E-state index contributed by atoms with van der Waals surface area (Å²) in [6.07, 6.45) is 0.270. The highest BCUT2D eigenvalue weighted by atomic mass is 16.5. The summed E-state index contributed by atoms with van der Waals surface area (Å²) in [4.78, 5) is 22.2. The zero-order valence-electron chi connectivity index (χ0n) is 16.0. The number of benzene rings is 1. The highest BCUT2D eigenvalue weighted by Crippen LogP contribution is 2.33. The maximum atomic E-state index is 12.9. The number of fused-ring (bicyclic) bond motifs is 1. The molecule has 0 radical (unpaired) electrons. The molecule has 2 atom stereocenters. The van der Waals surface area contributed by atoms with Crippen LogP contribution in [0.2, 0.25) is 0 Å². The fourth-order valence-electron chi connectivity index (χ4n) is 4.64. The van der Waals surface area contributed by atoms with Crippen LogP contribution in [0.25, 0.3) is 11.3 Å². The topological polar surface area (TPSA) is 71.7 Å².